The molecule has 0 aliphatic rings. The van der Waals surface area contributed by atoms with Crippen molar-refractivity contribution in [2.45, 2.75) is 45.6 Å². The van der Waals surface area contributed by atoms with Gasteiger partial charge in [-0.15, -0.1) is 0 Å². The van der Waals surface area contributed by atoms with Crippen LogP contribution in [0.3, 0.4) is 0 Å². The van der Waals surface area contributed by atoms with Crippen LogP contribution in [-0.4, -0.2) is 58.1 Å². The molecule has 0 aliphatic heterocycles. The van der Waals surface area contributed by atoms with Crippen molar-refractivity contribution >= 4 is 0 Å². The molecule has 0 aromatic carbocycles. The Balaban J connectivity index is 4.29. The third-order valence-electron chi connectivity index (χ3n) is 2.71. The summed E-state index contributed by atoms with van der Waals surface area (Å²) in [5, 5.41) is 3.59. The minimum Gasteiger partial charge on any atom is -0.354 e. The third kappa shape index (κ3) is 7.71. The fourth-order valence-corrected chi connectivity index (χ4v) is 2.16. The van der Waals surface area contributed by atoms with E-state index in [0.29, 0.717) is 12.0 Å². The van der Waals surface area contributed by atoms with Gasteiger partial charge in [-0.05, 0) is 33.4 Å². The van der Waals surface area contributed by atoms with Gasteiger partial charge in [0.25, 0.3) is 0 Å². The van der Waals surface area contributed by atoms with Crippen molar-refractivity contribution in [3.05, 3.63) is 0 Å². The van der Waals surface area contributed by atoms with Crippen LogP contribution < -0.4 is 5.32 Å². The molecule has 0 spiro atoms. The molecule has 2 unspecified atom stereocenters. The molecule has 0 heterocycles. The van der Waals surface area contributed by atoms with Gasteiger partial charge < -0.3 is 19.7 Å². The Labute approximate surface area is 107 Å². The molecular formula is C13H30N2O2. The largest absolute Gasteiger partial charge is 0.354 e. The first kappa shape index (κ1) is 16.8. The molecule has 0 saturated heterocycles. The van der Waals surface area contributed by atoms with Crippen molar-refractivity contribution in [2.75, 3.05) is 34.9 Å². The second kappa shape index (κ2) is 8.86. The lowest BCUT2D eigenvalue weighted by Gasteiger charge is -2.30. The van der Waals surface area contributed by atoms with Crippen LogP contribution in [0.2, 0.25) is 0 Å². The monoisotopic (exact) mass is 246 g/mol. The van der Waals surface area contributed by atoms with Gasteiger partial charge in [0, 0.05) is 26.8 Å². The van der Waals surface area contributed by atoms with Crippen LogP contribution in [0, 0.1) is 5.92 Å². The zero-order valence-corrected chi connectivity index (χ0v) is 12.5. The van der Waals surface area contributed by atoms with E-state index in [9.17, 15) is 0 Å². The first-order valence-electron chi connectivity index (χ1n) is 6.37. The number of nitrogens with one attached hydrogen (secondary N) is 1. The summed E-state index contributed by atoms with van der Waals surface area (Å²) in [6.45, 7) is 7.63. The van der Waals surface area contributed by atoms with Crippen LogP contribution in [-0.2, 0) is 9.47 Å². The van der Waals surface area contributed by atoms with E-state index >= 15 is 0 Å². The van der Waals surface area contributed by atoms with Gasteiger partial charge in [-0.3, -0.25) is 0 Å². The average molecular weight is 246 g/mol. The van der Waals surface area contributed by atoms with Gasteiger partial charge in [0.05, 0.1) is 6.04 Å². The number of rotatable bonds is 9. The first-order chi connectivity index (χ1) is 7.90. The van der Waals surface area contributed by atoms with Gasteiger partial charge in [-0.25, -0.2) is 0 Å². The van der Waals surface area contributed by atoms with Gasteiger partial charge in [-0.2, -0.15) is 0 Å². The summed E-state index contributed by atoms with van der Waals surface area (Å²) in [7, 11) is 7.55. The molecular weight excluding hydrogens is 216 g/mol. The van der Waals surface area contributed by atoms with Gasteiger partial charge in [0.1, 0.15) is 0 Å². The molecule has 4 nitrogen and oxygen atoms in total. The summed E-state index contributed by atoms with van der Waals surface area (Å²) in [5.74, 6) is 0.684. The lowest BCUT2D eigenvalue weighted by Crippen LogP contribution is -2.49. The summed E-state index contributed by atoms with van der Waals surface area (Å²) in [6.07, 6.45) is 0.967. The highest BCUT2D eigenvalue weighted by Gasteiger charge is 2.20. The molecule has 104 valence electrons. The highest BCUT2D eigenvalue weighted by Crippen LogP contribution is 2.08. The quantitative estimate of drug-likeness (QED) is 0.626. The summed E-state index contributed by atoms with van der Waals surface area (Å²) < 4.78 is 10.5. The van der Waals surface area contributed by atoms with E-state index in [1.54, 1.807) is 14.2 Å². The smallest absolute Gasteiger partial charge is 0.171 e. The van der Waals surface area contributed by atoms with E-state index in [1.165, 1.54) is 0 Å². The predicted molar refractivity (Wildman–Crippen MR) is 72.2 cm³/mol. The minimum atomic E-state index is -0.188. The van der Waals surface area contributed by atoms with Gasteiger partial charge >= 0.3 is 0 Å². The Bertz CT molecular complexity index is 172. The Morgan fingerprint density at radius 3 is 1.94 bits per heavy atom. The molecule has 0 fully saturated rings. The van der Waals surface area contributed by atoms with Crippen molar-refractivity contribution in [1.29, 1.82) is 0 Å². The third-order valence-corrected chi connectivity index (χ3v) is 2.71. The van der Waals surface area contributed by atoms with Crippen LogP contribution in [0.15, 0.2) is 0 Å². The Kier molecular flexibility index (Phi) is 8.78. The lowest BCUT2D eigenvalue weighted by atomic mass is 10.0. The Morgan fingerprint density at radius 2 is 1.59 bits per heavy atom. The summed E-state index contributed by atoms with van der Waals surface area (Å²) >= 11 is 0. The molecule has 0 aliphatic carbocycles. The summed E-state index contributed by atoms with van der Waals surface area (Å²) in [6, 6.07) is 0.654. The standard InChI is InChI=1S/C13H30N2O2/c1-10(2)8-12(9-15(4)5)14-11(3)13(16-6)17-7/h10-14H,8-9H2,1-7H3. The molecule has 0 amide bonds. The maximum Gasteiger partial charge on any atom is 0.171 e. The second-order valence-electron chi connectivity index (χ2n) is 5.38. The van der Waals surface area contributed by atoms with E-state index in [1.807, 2.05) is 0 Å². The number of likely N-dealkylation sites (N-methyl/N-ethyl adjacent to an activating group) is 1. The SMILES string of the molecule is COC(OC)C(C)NC(CC(C)C)CN(C)C. The van der Waals surface area contributed by atoms with E-state index in [2.05, 4.69) is 45.1 Å². The highest BCUT2D eigenvalue weighted by molar-refractivity contribution is 4.76. The zero-order valence-electron chi connectivity index (χ0n) is 12.5. The van der Waals surface area contributed by atoms with Crippen LogP contribution in [0.5, 0.6) is 0 Å². The summed E-state index contributed by atoms with van der Waals surface area (Å²) in [4.78, 5) is 2.21. The molecule has 4 heteroatoms. The normalized spacial score (nSPS) is 15.9. The fourth-order valence-electron chi connectivity index (χ4n) is 2.16. The topological polar surface area (TPSA) is 33.7 Å². The molecule has 0 rings (SSSR count). The van der Waals surface area contributed by atoms with E-state index in [0.717, 1.165) is 13.0 Å². The van der Waals surface area contributed by atoms with Crippen LogP contribution >= 0.6 is 0 Å². The van der Waals surface area contributed by atoms with Crippen molar-refractivity contribution < 1.29 is 9.47 Å². The maximum atomic E-state index is 5.27. The lowest BCUT2D eigenvalue weighted by molar-refractivity contribution is -0.121. The number of hydrogen-bond acceptors (Lipinski definition) is 4. The fraction of sp³-hybridized carbons (Fsp3) is 1.00. The zero-order chi connectivity index (χ0) is 13.4. The highest BCUT2D eigenvalue weighted by atomic mass is 16.7. The van der Waals surface area contributed by atoms with Crippen molar-refractivity contribution in [3.63, 3.8) is 0 Å². The van der Waals surface area contributed by atoms with Crippen molar-refractivity contribution in [2.24, 2.45) is 5.92 Å². The van der Waals surface area contributed by atoms with Gasteiger partial charge in [-0.1, -0.05) is 13.8 Å². The van der Waals surface area contributed by atoms with Crippen LogP contribution in [0.25, 0.3) is 0 Å². The van der Waals surface area contributed by atoms with E-state index in [4.69, 9.17) is 9.47 Å². The molecule has 0 saturated carbocycles. The predicted octanol–water partition coefficient (Wildman–Crippen LogP) is 1.56. The van der Waals surface area contributed by atoms with Crippen LogP contribution in [0.1, 0.15) is 27.2 Å². The minimum absolute atomic E-state index is 0.188. The number of methoxy groups -OCH3 is 2. The molecule has 0 aromatic heterocycles. The molecule has 1 N–H and O–H groups in total. The van der Waals surface area contributed by atoms with Gasteiger partial charge in [0.15, 0.2) is 6.29 Å². The van der Waals surface area contributed by atoms with E-state index < -0.39 is 0 Å². The molecule has 0 aromatic rings. The van der Waals surface area contributed by atoms with Crippen molar-refractivity contribution in [3.8, 4) is 0 Å². The van der Waals surface area contributed by atoms with E-state index in [-0.39, 0.29) is 12.3 Å². The second-order valence-corrected chi connectivity index (χ2v) is 5.38. The number of ether oxygens (including phenoxy) is 2. The van der Waals surface area contributed by atoms with Gasteiger partial charge in [0.2, 0.25) is 0 Å². The Hall–Kier alpha value is -0.160. The number of nitrogens with zero attached hydrogens (tertiary/aromatic N) is 1. The molecule has 0 radical (unpaired) electrons. The Morgan fingerprint density at radius 1 is 1.06 bits per heavy atom. The summed E-state index contributed by atoms with van der Waals surface area (Å²) in [5.41, 5.74) is 0. The molecule has 2 atom stereocenters. The molecule has 17 heavy (non-hydrogen) atoms. The van der Waals surface area contributed by atoms with Crippen molar-refractivity contribution in [1.82, 2.24) is 10.2 Å². The maximum absolute atomic E-state index is 5.27. The number of hydrogen-bond donors (Lipinski definition) is 1. The first-order valence-corrected chi connectivity index (χ1v) is 6.37. The molecule has 0 bridgehead atoms. The van der Waals surface area contributed by atoms with Crippen LogP contribution in [0.4, 0.5) is 0 Å². The average Bonchev–Trinajstić information content (AvgIpc) is 2.16.